The molecule has 2 unspecified atom stereocenters. The quantitative estimate of drug-likeness (QED) is 0.921. The average Bonchev–Trinajstić information content (AvgIpc) is 2.78. The van der Waals surface area contributed by atoms with Crippen molar-refractivity contribution in [3.05, 3.63) is 17.3 Å². The van der Waals surface area contributed by atoms with Crippen LogP contribution < -0.4 is 0 Å². The number of ether oxygens (including phenoxy) is 1. The predicted octanol–water partition coefficient (Wildman–Crippen LogP) is 2.04. The fraction of sp³-hybridized carbons (Fsp3) is 0.812. The number of aromatic nitrogens is 1. The summed E-state index contributed by atoms with van der Waals surface area (Å²) in [5.74, 6) is 1.71. The first-order chi connectivity index (χ1) is 10.0. The molecule has 21 heavy (non-hydrogen) atoms. The molecular weight excluding hydrogens is 268 g/mol. The molecule has 1 saturated carbocycles. The molecule has 0 aromatic carbocycles. The molecule has 1 aliphatic carbocycles. The first kappa shape index (κ1) is 15.0. The number of rotatable bonds is 4. The molecule has 1 saturated heterocycles. The van der Waals surface area contributed by atoms with E-state index in [-0.39, 0.29) is 17.6 Å². The molecule has 1 aliphatic heterocycles. The van der Waals surface area contributed by atoms with E-state index in [9.17, 15) is 5.11 Å². The standard InChI is InChI=1S/C16H26N2O3/c1-4-20-14-9-13(19)16(14)5-7-18(8-6-16)10-15-17-11(2)12(3)21-15/h13-14,19H,4-10H2,1-3H3. The second kappa shape index (κ2) is 5.71. The van der Waals surface area contributed by atoms with Gasteiger partial charge in [0.05, 0.1) is 24.4 Å². The highest BCUT2D eigenvalue weighted by molar-refractivity contribution is 5.08. The zero-order valence-electron chi connectivity index (χ0n) is 13.3. The number of aryl methyl sites for hydroxylation is 2. The minimum absolute atomic E-state index is 0.00502. The predicted molar refractivity (Wildman–Crippen MR) is 79.0 cm³/mol. The van der Waals surface area contributed by atoms with Gasteiger partial charge in [-0.05, 0) is 46.7 Å². The molecule has 0 radical (unpaired) electrons. The summed E-state index contributed by atoms with van der Waals surface area (Å²) in [6.07, 6.45) is 2.84. The zero-order chi connectivity index (χ0) is 15.0. The van der Waals surface area contributed by atoms with Crippen molar-refractivity contribution in [3.8, 4) is 0 Å². The molecule has 1 aromatic heterocycles. The summed E-state index contributed by atoms with van der Waals surface area (Å²) in [7, 11) is 0. The van der Waals surface area contributed by atoms with Crippen molar-refractivity contribution in [2.45, 2.75) is 58.8 Å². The molecular formula is C16H26N2O3. The number of hydrogen-bond acceptors (Lipinski definition) is 5. The molecule has 5 nitrogen and oxygen atoms in total. The maximum atomic E-state index is 10.2. The highest BCUT2D eigenvalue weighted by atomic mass is 16.5. The lowest BCUT2D eigenvalue weighted by atomic mass is 9.58. The highest BCUT2D eigenvalue weighted by Crippen LogP contribution is 2.51. The van der Waals surface area contributed by atoms with Crippen LogP contribution in [-0.4, -0.2) is 46.9 Å². The molecule has 118 valence electrons. The summed E-state index contributed by atoms with van der Waals surface area (Å²) in [5, 5.41) is 10.2. The van der Waals surface area contributed by atoms with Gasteiger partial charge < -0.3 is 14.3 Å². The third-order valence-electron chi connectivity index (χ3n) is 5.33. The van der Waals surface area contributed by atoms with Gasteiger partial charge >= 0.3 is 0 Å². The number of hydrogen-bond donors (Lipinski definition) is 1. The van der Waals surface area contributed by atoms with Crippen LogP contribution >= 0.6 is 0 Å². The SMILES string of the molecule is CCOC1CC(O)C12CCN(Cc1nc(C)c(C)o1)CC2. The Morgan fingerprint density at radius 1 is 1.38 bits per heavy atom. The van der Waals surface area contributed by atoms with Crippen molar-refractivity contribution in [2.24, 2.45) is 5.41 Å². The molecule has 2 heterocycles. The summed E-state index contributed by atoms with van der Waals surface area (Å²) >= 11 is 0. The second-order valence-electron chi connectivity index (χ2n) is 6.45. The first-order valence-corrected chi connectivity index (χ1v) is 8.00. The van der Waals surface area contributed by atoms with Gasteiger partial charge in [0.1, 0.15) is 5.76 Å². The van der Waals surface area contributed by atoms with Gasteiger partial charge in [-0.3, -0.25) is 4.90 Å². The molecule has 1 spiro atoms. The Kier molecular flexibility index (Phi) is 4.08. The van der Waals surface area contributed by atoms with E-state index in [1.54, 1.807) is 0 Å². The van der Waals surface area contributed by atoms with Gasteiger partial charge in [-0.2, -0.15) is 0 Å². The summed E-state index contributed by atoms with van der Waals surface area (Å²) in [6.45, 7) is 9.40. The normalized spacial score (nSPS) is 28.8. The van der Waals surface area contributed by atoms with E-state index in [0.717, 1.165) is 62.8 Å². The monoisotopic (exact) mass is 294 g/mol. The molecule has 2 atom stereocenters. The van der Waals surface area contributed by atoms with Crippen molar-refractivity contribution in [3.63, 3.8) is 0 Å². The zero-order valence-corrected chi connectivity index (χ0v) is 13.3. The van der Waals surface area contributed by atoms with Crippen LogP contribution in [0, 0.1) is 19.3 Å². The van der Waals surface area contributed by atoms with Crippen LogP contribution in [0.4, 0.5) is 0 Å². The van der Waals surface area contributed by atoms with Crippen molar-refractivity contribution in [1.29, 1.82) is 0 Å². The van der Waals surface area contributed by atoms with Crippen LogP contribution in [0.3, 0.4) is 0 Å². The van der Waals surface area contributed by atoms with Gasteiger partial charge in [-0.15, -0.1) is 0 Å². The minimum Gasteiger partial charge on any atom is -0.444 e. The van der Waals surface area contributed by atoms with Crippen LogP contribution in [0.25, 0.3) is 0 Å². The number of nitrogens with zero attached hydrogens (tertiary/aromatic N) is 2. The highest BCUT2D eigenvalue weighted by Gasteiger charge is 2.55. The van der Waals surface area contributed by atoms with E-state index < -0.39 is 0 Å². The Morgan fingerprint density at radius 3 is 2.62 bits per heavy atom. The number of aliphatic hydroxyl groups excluding tert-OH is 1. The summed E-state index contributed by atoms with van der Waals surface area (Å²) in [5.41, 5.74) is 0.971. The van der Waals surface area contributed by atoms with Crippen LogP contribution in [0.2, 0.25) is 0 Å². The third-order valence-corrected chi connectivity index (χ3v) is 5.33. The minimum atomic E-state index is -0.192. The van der Waals surface area contributed by atoms with Crippen molar-refractivity contribution < 1.29 is 14.3 Å². The van der Waals surface area contributed by atoms with E-state index in [2.05, 4.69) is 9.88 Å². The van der Waals surface area contributed by atoms with E-state index in [1.807, 2.05) is 20.8 Å². The van der Waals surface area contributed by atoms with Crippen molar-refractivity contribution in [1.82, 2.24) is 9.88 Å². The lowest BCUT2D eigenvalue weighted by Crippen LogP contribution is -2.62. The number of piperidine rings is 1. The van der Waals surface area contributed by atoms with Crippen LogP contribution in [0.15, 0.2) is 4.42 Å². The van der Waals surface area contributed by atoms with Crippen LogP contribution in [-0.2, 0) is 11.3 Å². The number of aliphatic hydroxyl groups is 1. The lowest BCUT2D eigenvalue weighted by Gasteiger charge is -2.56. The Bertz CT molecular complexity index is 470. The molecule has 3 rings (SSSR count). The van der Waals surface area contributed by atoms with Crippen molar-refractivity contribution >= 4 is 0 Å². The molecule has 0 amide bonds. The van der Waals surface area contributed by atoms with Crippen molar-refractivity contribution in [2.75, 3.05) is 19.7 Å². The van der Waals surface area contributed by atoms with Gasteiger partial charge in [0, 0.05) is 18.4 Å². The van der Waals surface area contributed by atoms with Gasteiger partial charge in [0.25, 0.3) is 0 Å². The topological polar surface area (TPSA) is 58.7 Å². The molecule has 1 aromatic rings. The van der Waals surface area contributed by atoms with E-state index in [0.29, 0.717) is 0 Å². The van der Waals surface area contributed by atoms with E-state index >= 15 is 0 Å². The molecule has 1 N–H and O–H groups in total. The smallest absolute Gasteiger partial charge is 0.208 e. The summed E-state index contributed by atoms with van der Waals surface area (Å²) in [4.78, 5) is 6.82. The maximum absolute atomic E-state index is 10.2. The number of oxazole rings is 1. The number of likely N-dealkylation sites (tertiary alicyclic amines) is 1. The van der Waals surface area contributed by atoms with E-state index in [1.165, 1.54) is 0 Å². The Hall–Kier alpha value is -0.910. The first-order valence-electron chi connectivity index (χ1n) is 8.00. The molecule has 2 fully saturated rings. The molecule has 0 bridgehead atoms. The van der Waals surface area contributed by atoms with E-state index in [4.69, 9.17) is 9.15 Å². The van der Waals surface area contributed by atoms with Gasteiger partial charge in [0.2, 0.25) is 5.89 Å². The molecule has 5 heteroatoms. The van der Waals surface area contributed by atoms with Gasteiger partial charge in [0.15, 0.2) is 0 Å². The average molecular weight is 294 g/mol. The largest absolute Gasteiger partial charge is 0.444 e. The summed E-state index contributed by atoms with van der Waals surface area (Å²) in [6, 6.07) is 0. The maximum Gasteiger partial charge on any atom is 0.208 e. The third kappa shape index (κ3) is 2.62. The summed E-state index contributed by atoms with van der Waals surface area (Å²) < 4.78 is 11.5. The Balaban J connectivity index is 1.57. The Labute approximate surface area is 126 Å². The fourth-order valence-electron chi connectivity index (χ4n) is 3.74. The van der Waals surface area contributed by atoms with Gasteiger partial charge in [-0.25, -0.2) is 4.98 Å². The second-order valence-corrected chi connectivity index (χ2v) is 6.45. The van der Waals surface area contributed by atoms with Gasteiger partial charge in [-0.1, -0.05) is 0 Å². The fourth-order valence-corrected chi connectivity index (χ4v) is 3.74. The molecule has 2 aliphatic rings. The Morgan fingerprint density at radius 2 is 2.10 bits per heavy atom. The lowest BCUT2D eigenvalue weighted by molar-refractivity contribution is -0.210. The van der Waals surface area contributed by atoms with Crippen LogP contribution in [0.1, 0.15) is 43.5 Å². The van der Waals surface area contributed by atoms with Crippen LogP contribution in [0.5, 0.6) is 0 Å².